The first kappa shape index (κ1) is 39.8. The standard InChI is InChI=1S/C40H48N12O6/c1-21(2)32(49-39(55)57-5)37(53)51-13-7-9-30(51)35-44-18-27(47-35)23-11-12-25-26(15-23)41-20-29(46-25)34-42-16-24(17-43-34)28-19-45-36(48-28)31-10-8-14-52(31)38(54)33(22(3)4)50-40(56)58-6/h11-12,15-22,30-33H,7-10,13-14H2,1-6H3,(H,44,47)(H,45,48)(H,49,55)(H,50,56)/t30-,31-,32-,33-/m0/s1. The Kier molecular flexibility index (Phi) is 11.6. The molecule has 2 saturated heterocycles. The fourth-order valence-corrected chi connectivity index (χ4v) is 7.58. The molecule has 304 valence electrons. The highest BCUT2D eigenvalue weighted by Crippen LogP contribution is 2.34. The molecule has 18 nitrogen and oxygen atoms in total. The number of nitrogens with one attached hydrogen (secondary N) is 4. The molecule has 0 spiro atoms. The summed E-state index contributed by atoms with van der Waals surface area (Å²) in [4.78, 5) is 89.2. The number of imidazole rings is 2. The number of nitrogens with zero attached hydrogens (tertiary/aromatic N) is 8. The molecular formula is C40H48N12O6. The van der Waals surface area contributed by atoms with Gasteiger partial charge < -0.3 is 39.9 Å². The zero-order chi connectivity index (χ0) is 41.1. The van der Waals surface area contributed by atoms with Gasteiger partial charge in [-0.05, 0) is 49.7 Å². The molecule has 4 N–H and O–H groups in total. The fourth-order valence-electron chi connectivity index (χ4n) is 7.58. The van der Waals surface area contributed by atoms with Crippen molar-refractivity contribution in [3.05, 3.63) is 60.8 Å². The number of aromatic amines is 2. The minimum atomic E-state index is -0.718. The van der Waals surface area contributed by atoms with Crippen LogP contribution in [0.1, 0.15) is 77.1 Å². The number of amides is 4. The Labute approximate surface area is 335 Å². The maximum absolute atomic E-state index is 13.6. The maximum atomic E-state index is 13.6. The summed E-state index contributed by atoms with van der Waals surface area (Å²) in [6, 6.07) is 3.79. The topological polar surface area (TPSA) is 226 Å². The number of benzene rings is 1. The number of aromatic nitrogens is 8. The van der Waals surface area contributed by atoms with Gasteiger partial charge >= 0.3 is 12.2 Å². The Bertz CT molecular complexity index is 2290. The molecule has 4 aromatic heterocycles. The summed E-state index contributed by atoms with van der Waals surface area (Å²) in [5.74, 6) is 1.13. The largest absolute Gasteiger partial charge is 0.453 e. The van der Waals surface area contributed by atoms with Crippen LogP contribution in [-0.2, 0) is 19.1 Å². The molecule has 6 heterocycles. The number of carbonyl (C=O) groups is 4. The number of alkyl carbamates (subject to hydrolysis) is 2. The number of hydrogen-bond donors (Lipinski definition) is 4. The first-order chi connectivity index (χ1) is 27.9. The van der Waals surface area contributed by atoms with E-state index >= 15 is 0 Å². The third kappa shape index (κ3) is 8.17. The molecule has 1 aromatic carbocycles. The van der Waals surface area contributed by atoms with Gasteiger partial charge in [-0.2, -0.15) is 0 Å². The van der Waals surface area contributed by atoms with Gasteiger partial charge in [0.2, 0.25) is 11.8 Å². The third-order valence-electron chi connectivity index (χ3n) is 10.7. The predicted octanol–water partition coefficient (Wildman–Crippen LogP) is 4.96. The molecule has 0 bridgehead atoms. The van der Waals surface area contributed by atoms with E-state index < -0.39 is 24.3 Å². The van der Waals surface area contributed by atoms with Crippen LogP contribution in [0.5, 0.6) is 0 Å². The number of methoxy groups -OCH3 is 2. The van der Waals surface area contributed by atoms with Crippen molar-refractivity contribution < 1.29 is 28.7 Å². The van der Waals surface area contributed by atoms with Gasteiger partial charge in [-0.15, -0.1) is 0 Å². The van der Waals surface area contributed by atoms with Gasteiger partial charge in [-0.3, -0.25) is 14.6 Å². The molecule has 2 aliphatic heterocycles. The van der Waals surface area contributed by atoms with Crippen LogP contribution in [0.3, 0.4) is 0 Å². The number of hydrogen-bond acceptors (Lipinski definition) is 12. The van der Waals surface area contributed by atoms with Crippen molar-refractivity contribution in [3.8, 4) is 34.0 Å². The summed E-state index contributed by atoms with van der Waals surface area (Å²) in [6.07, 6.45) is 10.3. The van der Waals surface area contributed by atoms with E-state index in [1.165, 1.54) is 14.2 Å². The van der Waals surface area contributed by atoms with Crippen molar-refractivity contribution >= 4 is 35.0 Å². The Hall–Kier alpha value is -6.46. The Morgan fingerprint density at radius 1 is 0.672 bits per heavy atom. The second kappa shape index (κ2) is 17.0. The van der Waals surface area contributed by atoms with Crippen molar-refractivity contribution in [2.75, 3.05) is 27.3 Å². The zero-order valence-corrected chi connectivity index (χ0v) is 33.4. The summed E-state index contributed by atoms with van der Waals surface area (Å²) in [6.45, 7) is 8.66. The van der Waals surface area contributed by atoms with E-state index in [9.17, 15) is 19.2 Å². The van der Waals surface area contributed by atoms with Crippen LogP contribution < -0.4 is 10.6 Å². The van der Waals surface area contributed by atoms with E-state index in [2.05, 4.69) is 45.5 Å². The number of carbonyl (C=O) groups excluding carboxylic acids is 4. The van der Waals surface area contributed by atoms with E-state index in [-0.39, 0.29) is 35.7 Å². The van der Waals surface area contributed by atoms with E-state index in [4.69, 9.17) is 14.5 Å². The van der Waals surface area contributed by atoms with Crippen LogP contribution in [-0.4, -0.2) is 113 Å². The van der Waals surface area contributed by atoms with Crippen LogP contribution in [0, 0.1) is 11.8 Å². The van der Waals surface area contributed by atoms with E-state index in [0.29, 0.717) is 58.5 Å². The monoisotopic (exact) mass is 792 g/mol. The smallest absolute Gasteiger partial charge is 0.407 e. The molecule has 2 aliphatic rings. The summed E-state index contributed by atoms with van der Waals surface area (Å²) in [7, 11) is 2.55. The van der Waals surface area contributed by atoms with E-state index in [0.717, 1.165) is 36.9 Å². The first-order valence-corrected chi connectivity index (χ1v) is 19.4. The summed E-state index contributed by atoms with van der Waals surface area (Å²) in [5.41, 5.74) is 4.90. The molecule has 18 heteroatoms. The summed E-state index contributed by atoms with van der Waals surface area (Å²) < 4.78 is 9.49. The molecule has 0 unspecified atom stereocenters. The molecular weight excluding hydrogens is 745 g/mol. The Morgan fingerprint density at radius 3 is 1.69 bits per heavy atom. The molecule has 2 fully saturated rings. The van der Waals surface area contributed by atoms with E-state index in [1.54, 1.807) is 40.8 Å². The minimum absolute atomic E-state index is 0.126. The van der Waals surface area contributed by atoms with Crippen molar-refractivity contribution in [2.24, 2.45) is 11.8 Å². The quantitative estimate of drug-likeness (QED) is 0.139. The lowest BCUT2D eigenvalue weighted by Gasteiger charge is -2.30. The molecule has 0 saturated carbocycles. The van der Waals surface area contributed by atoms with E-state index in [1.807, 2.05) is 45.9 Å². The average molecular weight is 793 g/mol. The minimum Gasteiger partial charge on any atom is -0.453 e. The lowest BCUT2D eigenvalue weighted by atomic mass is 10.0. The second-order valence-electron chi connectivity index (χ2n) is 15.2. The number of H-pyrrole nitrogens is 2. The van der Waals surface area contributed by atoms with Crippen LogP contribution in [0.25, 0.3) is 45.1 Å². The highest BCUT2D eigenvalue weighted by molar-refractivity contribution is 5.87. The zero-order valence-electron chi connectivity index (χ0n) is 33.4. The average Bonchev–Trinajstić information content (AvgIpc) is 4.07. The van der Waals surface area contributed by atoms with Gasteiger partial charge in [0.05, 0.1) is 67.3 Å². The molecule has 7 rings (SSSR count). The van der Waals surface area contributed by atoms with Crippen LogP contribution in [0.4, 0.5) is 9.59 Å². The first-order valence-electron chi connectivity index (χ1n) is 19.4. The Morgan fingerprint density at radius 2 is 1.19 bits per heavy atom. The number of ether oxygens (including phenoxy) is 2. The lowest BCUT2D eigenvalue weighted by Crippen LogP contribution is -2.51. The lowest BCUT2D eigenvalue weighted by molar-refractivity contribution is -0.136. The van der Waals surface area contributed by atoms with Crippen LogP contribution in [0.15, 0.2) is 49.2 Å². The van der Waals surface area contributed by atoms with Crippen molar-refractivity contribution in [1.29, 1.82) is 0 Å². The maximum Gasteiger partial charge on any atom is 0.407 e. The van der Waals surface area contributed by atoms with Gasteiger partial charge in [-0.1, -0.05) is 33.8 Å². The molecule has 4 amide bonds. The highest BCUT2D eigenvalue weighted by atomic mass is 16.5. The molecule has 5 aromatic rings. The molecule has 4 atom stereocenters. The van der Waals surface area contributed by atoms with Crippen molar-refractivity contribution in [2.45, 2.75) is 77.5 Å². The molecule has 0 aliphatic carbocycles. The predicted molar refractivity (Wildman–Crippen MR) is 211 cm³/mol. The molecule has 0 radical (unpaired) electrons. The van der Waals surface area contributed by atoms with Crippen LogP contribution in [0.2, 0.25) is 0 Å². The normalized spacial score (nSPS) is 17.8. The molecule has 58 heavy (non-hydrogen) atoms. The second-order valence-corrected chi connectivity index (χ2v) is 15.2. The summed E-state index contributed by atoms with van der Waals surface area (Å²) >= 11 is 0. The van der Waals surface area contributed by atoms with Gasteiger partial charge in [0.1, 0.15) is 29.4 Å². The number of fused-ring (bicyclic) bond motifs is 1. The van der Waals surface area contributed by atoms with Gasteiger partial charge in [0.25, 0.3) is 0 Å². The number of rotatable bonds is 11. The van der Waals surface area contributed by atoms with Crippen LogP contribution >= 0.6 is 0 Å². The van der Waals surface area contributed by atoms with Gasteiger partial charge in [0, 0.05) is 36.6 Å². The third-order valence-corrected chi connectivity index (χ3v) is 10.7. The highest BCUT2D eigenvalue weighted by Gasteiger charge is 2.39. The van der Waals surface area contributed by atoms with Gasteiger partial charge in [-0.25, -0.2) is 34.5 Å². The van der Waals surface area contributed by atoms with Crippen molar-refractivity contribution in [3.63, 3.8) is 0 Å². The van der Waals surface area contributed by atoms with Crippen molar-refractivity contribution in [1.82, 2.24) is 60.3 Å². The Balaban J connectivity index is 1.02. The summed E-state index contributed by atoms with van der Waals surface area (Å²) in [5, 5.41) is 5.35. The SMILES string of the molecule is COC(=O)N[C@H](C(=O)N1CCC[C@H]1c1ncc(-c2cnc(-c3cnc4cc(-c5cnc([C@@H]6CCCN6C(=O)[C@@H](NC(=O)OC)C(C)C)[nH]5)ccc4n3)nc2)[nH]1)C(C)C. The fraction of sp³-hybridized carbons (Fsp3) is 0.450. The van der Waals surface area contributed by atoms with Gasteiger partial charge in [0.15, 0.2) is 5.82 Å². The number of likely N-dealkylation sites (tertiary alicyclic amines) is 2.